The van der Waals surface area contributed by atoms with E-state index in [4.69, 9.17) is 23.8 Å². The second-order valence-electron chi connectivity index (χ2n) is 4.94. The molecule has 110 valence electrons. The largest absolute Gasteiger partial charge is 0.362 e. The molecular formula is C17H19ClN2S. The minimum atomic E-state index is 0.651. The molecule has 0 fully saturated rings. The van der Waals surface area contributed by atoms with Crippen LogP contribution in [0, 0.1) is 6.92 Å². The maximum Gasteiger partial charge on any atom is 0.170 e. The Hall–Kier alpha value is -1.58. The SMILES string of the molecule is Cc1ccc(NC(=S)NCCCc2ccccc2Cl)cc1. The molecule has 0 radical (unpaired) electrons. The molecule has 2 N–H and O–H groups in total. The predicted molar refractivity (Wildman–Crippen MR) is 95.2 cm³/mol. The van der Waals surface area contributed by atoms with Gasteiger partial charge < -0.3 is 10.6 Å². The van der Waals surface area contributed by atoms with Crippen LogP contribution in [-0.4, -0.2) is 11.7 Å². The molecule has 2 nitrogen and oxygen atoms in total. The molecule has 0 aliphatic carbocycles. The van der Waals surface area contributed by atoms with E-state index in [0.29, 0.717) is 5.11 Å². The van der Waals surface area contributed by atoms with Crippen molar-refractivity contribution >= 4 is 34.6 Å². The zero-order valence-electron chi connectivity index (χ0n) is 12.0. The maximum absolute atomic E-state index is 6.13. The Morgan fingerprint density at radius 1 is 1.10 bits per heavy atom. The number of benzene rings is 2. The van der Waals surface area contributed by atoms with Gasteiger partial charge in [0.1, 0.15) is 0 Å². The highest BCUT2D eigenvalue weighted by atomic mass is 35.5. The summed E-state index contributed by atoms with van der Waals surface area (Å²) >= 11 is 11.4. The predicted octanol–water partition coefficient (Wildman–Crippen LogP) is 4.57. The number of rotatable bonds is 5. The molecule has 2 aromatic rings. The van der Waals surface area contributed by atoms with Crippen LogP contribution < -0.4 is 10.6 Å². The Morgan fingerprint density at radius 2 is 1.81 bits per heavy atom. The van der Waals surface area contributed by atoms with Gasteiger partial charge in [-0.3, -0.25) is 0 Å². The number of aryl methyl sites for hydroxylation is 2. The molecule has 0 bridgehead atoms. The lowest BCUT2D eigenvalue weighted by Gasteiger charge is -2.11. The Kier molecular flexibility index (Phi) is 6.03. The van der Waals surface area contributed by atoms with Crippen LogP contribution in [-0.2, 0) is 6.42 Å². The molecule has 0 saturated heterocycles. The Labute approximate surface area is 136 Å². The summed E-state index contributed by atoms with van der Waals surface area (Å²) in [5, 5.41) is 7.87. The van der Waals surface area contributed by atoms with E-state index in [1.54, 1.807) is 0 Å². The fourth-order valence-corrected chi connectivity index (χ4v) is 2.44. The topological polar surface area (TPSA) is 24.1 Å². The van der Waals surface area contributed by atoms with E-state index in [-0.39, 0.29) is 0 Å². The standard InChI is InChI=1S/C17H19ClN2S/c1-13-8-10-15(11-9-13)20-17(21)19-12-4-6-14-5-2-3-7-16(14)18/h2-3,5,7-11H,4,6,12H2,1H3,(H2,19,20,21). The average Bonchev–Trinajstić information content (AvgIpc) is 2.48. The summed E-state index contributed by atoms with van der Waals surface area (Å²) < 4.78 is 0. The number of hydrogen-bond donors (Lipinski definition) is 2. The second-order valence-corrected chi connectivity index (χ2v) is 5.76. The van der Waals surface area contributed by atoms with Gasteiger partial charge in [0.2, 0.25) is 0 Å². The van der Waals surface area contributed by atoms with Gasteiger partial charge in [-0.25, -0.2) is 0 Å². The molecule has 0 aromatic heterocycles. The molecule has 0 aliphatic heterocycles. The molecule has 0 atom stereocenters. The van der Waals surface area contributed by atoms with Crippen LogP contribution in [0.1, 0.15) is 17.5 Å². The highest BCUT2D eigenvalue weighted by Gasteiger charge is 2.00. The molecule has 0 aliphatic rings. The van der Waals surface area contributed by atoms with E-state index in [1.807, 2.05) is 30.3 Å². The molecule has 0 heterocycles. The zero-order chi connectivity index (χ0) is 15.1. The normalized spacial score (nSPS) is 10.2. The van der Waals surface area contributed by atoms with Crippen molar-refractivity contribution < 1.29 is 0 Å². The smallest absolute Gasteiger partial charge is 0.170 e. The fourth-order valence-electron chi connectivity index (χ4n) is 1.99. The van der Waals surface area contributed by atoms with Gasteiger partial charge in [0.25, 0.3) is 0 Å². The molecule has 0 amide bonds. The Morgan fingerprint density at radius 3 is 2.52 bits per heavy atom. The lowest BCUT2D eigenvalue weighted by Crippen LogP contribution is -2.29. The molecule has 2 aromatic carbocycles. The molecule has 0 spiro atoms. The van der Waals surface area contributed by atoms with Crippen molar-refractivity contribution in [2.24, 2.45) is 0 Å². The van der Waals surface area contributed by atoms with Crippen molar-refractivity contribution in [3.8, 4) is 0 Å². The van der Waals surface area contributed by atoms with Gasteiger partial charge in [0.05, 0.1) is 0 Å². The van der Waals surface area contributed by atoms with Crippen molar-refractivity contribution in [2.45, 2.75) is 19.8 Å². The first-order valence-corrected chi connectivity index (χ1v) is 7.79. The summed E-state index contributed by atoms with van der Waals surface area (Å²) in [7, 11) is 0. The number of halogens is 1. The van der Waals surface area contributed by atoms with Crippen LogP contribution in [0.2, 0.25) is 5.02 Å². The lowest BCUT2D eigenvalue weighted by atomic mass is 10.1. The summed E-state index contributed by atoms with van der Waals surface area (Å²) in [5.41, 5.74) is 3.42. The van der Waals surface area contributed by atoms with Crippen molar-refractivity contribution in [3.05, 3.63) is 64.7 Å². The van der Waals surface area contributed by atoms with E-state index in [2.05, 4.69) is 35.8 Å². The summed E-state index contributed by atoms with van der Waals surface area (Å²) in [4.78, 5) is 0. The molecule has 4 heteroatoms. The Bertz CT molecular complexity index is 596. The summed E-state index contributed by atoms with van der Waals surface area (Å²) in [6.45, 7) is 2.89. The first-order valence-electron chi connectivity index (χ1n) is 7.00. The van der Waals surface area contributed by atoms with Crippen LogP contribution in [0.4, 0.5) is 5.69 Å². The Balaban J connectivity index is 1.70. The van der Waals surface area contributed by atoms with E-state index in [9.17, 15) is 0 Å². The fraction of sp³-hybridized carbons (Fsp3) is 0.235. The first kappa shape index (κ1) is 15.8. The van der Waals surface area contributed by atoms with Crippen LogP contribution >= 0.6 is 23.8 Å². The van der Waals surface area contributed by atoms with Gasteiger partial charge in [-0.2, -0.15) is 0 Å². The van der Waals surface area contributed by atoms with Gasteiger partial charge in [-0.05, 0) is 55.7 Å². The van der Waals surface area contributed by atoms with Gasteiger partial charge in [-0.15, -0.1) is 0 Å². The molecule has 0 saturated carbocycles. The van der Waals surface area contributed by atoms with Gasteiger partial charge in [-0.1, -0.05) is 47.5 Å². The van der Waals surface area contributed by atoms with Crippen molar-refractivity contribution in [1.82, 2.24) is 5.32 Å². The first-order chi connectivity index (χ1) is 10.1. The number of hydrogen-bond acceptors (Lipinski definition) is 1. The third-order valence-electron chi connectivity index (χ3n) is 3.18. The second kappa shape index (κ2) is 8.01. The van der Waals surface area contributed by atoms with Crippen molar-refractivity contribution in [2.75, 3.05) is 11.9 Å². The third-order valence-corrected chi connectivity index (χ3v) is 3.79. The summed E-state index contributed by atoms with van der Waals surface area (Å²) in [6.07, 6.45) is 1.93. The highest BCUT2D eigenvalue weighted by molar-refractivity contribution is 7.80. The lowest BCUT2D eigenvalue weighted by molar-refractivity contribution is 0.777. The number of nitrogens with one attached hydrogen (secondary N) is 2. The monoisotopic (exact) mass is 318 g/mol. The highest BCUT2D eigenvalue weighted by Crippen LogP contribution is 2.16. The third kappa shape index (κ3) is 5.37. The molecule has 0 unspecified atom stereocenters. The van der Waals surface area contributed by atoms with Gasteiger partial charge in [0, 0.05) is 17.3 Å². The van der Waals surface area contributed by atoms with Crippen LogP contribution in [0.5, 0.6) is 0 Å². The van der Waals surface area contributed by atoms with E-state index < -0.39 is 0 Å². The van der Waals surface area contributed by atoms with Crippen LogP contribution in [0.25, 0.3) is 0 Å². The van der Waals surface area contributed by atoms with Crippen LogP contribution in [0.3, 0.4) is 0 Å². The molecule has 2 rings (SSSR count). The summed E-state index contributed by atoms with van der Waals surface area (Å²) in [5.74, 6) is 0. The van der Waals surface area contributed by atoms with E-state index in [0.717, 1.165) is 30.1 Å². The zero-order valence-corrected chi connectivity index (χ0v) is 13.6. The number of thiocarbonyl (C=S) groups is 1. The van der Waals surface area contributed by atoms with E-state index >= 15 is 0 Å². The minimum Gasteiger partial charge on any atom is -0.362 e. The minimum absolute atomic E-state index is 0.651. The number of anilines is 1. The van der Waals surface area contributed by atoms with Gasteiger partial charge >= 0.3 is 0 Å². The molecule has 21 heavy (non-hydrogen) atoms. The van der Waals surface area contributed by atoms with Crippen molar-refractivity contribution in [3.63, 3.8) is 0 Å². The molecular weight excluding hydrogens is 300 g/mol. The maximum atomic E-state index is 6.13. The van der Waals surface area contributed by atoms with E-state index in [1.165, 1.54) is 11.1 Å². The average molecular weight is 319 g/mol. The van der Waals surface area contributed by atoms with Gasteiger partial charge in [0.15, 0.2) is 5.11 Å². The van der Waals surface area contributed by atoms with Crippen molar-refractivity contribution in [1.29, 1.82) is 0 Å². The summed E-state index contributed by atoms with van der Waals surface area (Å²) in [6, 6.07) is 16.1. The van der Waals surface area contributed by atoms with Crippen LogP contribution in [0.15, 0.2) is 48.5 Å². The quantitative estimate of drug-likeness (QED) is 0.624.